The molecule has 18 heavy (non-hydrogen) atoms. The summed E-state index contributed by atoms with van der Waals surface area (Å²) in [5.41, 5.74) is 0.581. The van der Waals surface area contributed by atoms with Crippen LogP contribution in [0.3, 0.4) is 0 Å². The Balaban J connectivity index is 2.01. The molecular formula is C15H21FO2. The number of halogens is 1. The van der Waals surface area contributed by atoms with Crippen LogP contribution < -0.4 is 4.74 Å². The van der Waals surface area contributed by atoms with Crippen LogP contribution in [-0.2, 0) is 0 Å². The van der Waals surface area contributed by atoms with E-state index in [1.54, 1.807) is 19.1 Å². The number of hydrogen-bond donors (Lipinski definition) is 1. The molecule has 1 unspecified atom stereocenters. The Hall–Kier alpha value is -1.09. The predicted octanol–water partition coefficient (Wildman–Crippen LogP) is 3.84. The molecule has 3 heteroatoms. The summed E-state index contributed by atoms with van der Waals surface area (Å²) >= 11 is 0. The number of aliphatic hydroxyl groups excluding tert-OH is 1. The molecule has 2 nitrogen and oxygen atoms in total. The smallest absolute Gasteiger partial charge is 0.165 e. The van der Waals surface area contributed by atoms with E-state index in [0.717, 1.165) is 31.6 Å². The lowest BCUT2D eigenvalue weighted by Crippen LogP contribution is -2.23. The third kappa shape index (κ3) is 3.22. The summed E-state index contributed by atoms with van der Waals surface area (Å²) in [5, 5.41) is 9.38. The van der Waals surface area contributed by atoms with Gasteiger partial charge in [-0.25, -0.2) is 4.39 Å². The van der Waals surface area contributed by atoms with Crippen molar-refractivity contribution in [2.45, 2.75) is 51.7 Å². The van der Waals surface area contributed by atoms with Gasteiger partial charge in [0, 0.05) is 0 Å². The molecule has 1 aliphatic carbocycles. The van der Waals surface area contributed by atoms with E-state index in [4.69, 9.17) is 4.74 Å². The molecule has 0 saturated heterocycles. The van der Waals surface area contributed by atoms with Gasteiger partial charge in [0.15, 0.2) is 11.6 Å². The molecule has 0 radical (unpaired) electrons. The zero-order chi connectivity index (χ0) is 13.1. The Kier molecular flexibility index (Phi) is 4.23. The van der Waals surface area contributed by atoms with Gasteiger partial charge in [0.2, 0.25) is 0 Å². The largest absolute Gasteiger partial charge is 0.487 e. The van der Waals surface area contributed by atoms with E-state index in [1.807, 2.05) is 0 Å². The molecule has 100 valence electrons. The summed E-state index contributed by atoms with van der Waals surface area (Å²) in [7, 11) is 0. The lowest BCUT2D eigenvalue weighted by atomic mass is 9.89. The van der Waals surface area contributed by atoms with Crippen LogP contribution in [0, 0.1) is 11.7 Å². The molecule has 0 aliphatic heterocycles. The first-order valence-corrected chi connectivity index (χ1v) is 6.70. The highest BCUT2D eigenvalue weighted by Crippen LogP contribution is 2.29. The first-order valence-electron chi connectivity index (χ1n) is 6.70. The number of rotatable bonds is 3. The van der Waals surface area contributed by atoms with E-state index < -0.39 is 6.10 Å². The zero-order valence-corrected chi connectivity index (χ0v) is 11.0. The maximum atomic E-state index is 13.8. The number of hydrogen-bond acceptors (Lipinski definition) is 2. The second-order valence-electron chi connectivity index (χ2n) is 5.37. The van der Waals surface area contributed by atoms with Gasteiger partial charge in [-0.2, -0.15) is 0 Å². The topological polar surface area (TPSA) is 29.5 Å². The maximum absolute atomic E-state index is 13.8. The van der Waals surface area contributed by atoms with E-state index >= 15 is 0 Å². The van der Waals surface area contributed by atoms with Crippen LogP contribution >= 0.6 is 0 Å². The van der Waals surface area contributed by atoms with Crippen molar-refractivity contribution in [1.82, 2.24) is 0 Å². The summed E-state index contributed by atoms with van der Waals surface area (Å²) in [5.74, 6) is 0.679. The van der Waals surface area contributed by atoms with E-state index in [1.165, 1.54) is 6.07 Å². The Bertz CT molecular complexity index is 395. The van der Waals surface area contributed by atoms with Crippen LogP contribution in [0.15, 0.2) is 18.2 Å². The zero-order valence-electron chi connectivity index (χ0n) is 11.0. The predicted molar refractivity (Wildman–Crippen MR) is 69.1 cm³/mol. The molecule has 0 bridgehead atoms. The van der Waals surface area contributed by atoms with Crippen molar-refractivity contribution < 1.29 is 14.2 Å². The molecule has 1 N–H and O–H groups in total. The Morgan fingerprint density at radius 1 is 1.28 bits per heavy atom. The van der Waals surface area contributed by atoms with Crippen molar-refractivity contribution in [3.05, 3.63) is 29.6 Å². The fraction of sp³-hybridized carbons (Fsp3) is 0.600. The molecule has 0 spiro atoms. The highest BCUT2D eigenvalue weighted by molar-refractivity contribution is 5.30. The number of benzene rings is 1. The van der Waals surface area contributed by atoms with Crippen LogP contribution in [0.1, 0.15) is 51.2 Å². The van der Waals surface area contributed by atoms with Gasteiger partial charge in [-0.15, -0.1) is 0 Å². The van der Waals surface area contributed by atoms with Crippen molar-refractivity contribution in [3.8, 4) is 5.75 Å². The van der Waals surface area contributed by atoms with Crippen molar-refractivity contribution in [2.75, 3.05) is 0 Å². The molecule has 0 aromatic heterocycles. The molecule has 1 fully saturated rings. The van der Waals surface area contributed by atoms with Crippen LogP contribution in [0.2, 0.25) is 0 Å². The average Bonchev–Trinajstić information content (AvgIpc) is 2.34. The van der Waals surface area contributed by atoms with E-state index in [2.05, 4.69) is 6.92 Å². The van der Waals surface area contributed by atoms with Crippen molar-refractivity contribution in [3.63, 3.8) is 0 Å². The summed E-state index contributed by atoms with van der Waals surface area (Å²) in [6, 6.07) is 4.69. The molecule has 1 aliphatic rings. The van der Waals surface area contributed by atoms with E-state index in [-0.39, 0.29) is 11.9 Å². The summed E-state index contributed by atoms with van der Waals surface area (Å²) in [6.45, 7) is 3.87. The highest BCUT2D eigenvalue weighted by Gasteiger charge is 2.20. The number of aliphatic hydroxyl groups is 1. The average molecular weight is 252 g/mol. The standard InChI is InChI=1S/C15H21FO2/c1-10-3-6-13(7-4-10)18-15-8-5-12(11(2)17)9-14(15)16/h5,8-11,13,17H,3-4,6-7H2,1-2H3. The van der Waals surface area contributed by atoms with E-state index in [0.29, 0.717) is 11.3 Å². The lowest BCUT2D eigenvalue weighted by molar-refractivity contribution is 0.130. The molecule has 0 amide bonds. The van der Waals surface area contributed by atoms with Crippen LogP contribution in [0.25, 0.3) is 0 Å². The highest BCUT2D eigenvalue weighted by atomic mass is 19.1. The number of ether oxygens (including phenoxy) is 1. The maximum Gasteiger partial charge on any atom is 0.165 e. The van der Waals surface area contributed by atoms with Crippen molar-refractivity contribution in [1.29, 1.82) is 0 Å². The van der Waals surface area contributed by atoms with Crippen molar-refractivity contribution in [2.24, 2.45) is 5.92 Å². The third-order valence-electron chi connectivity index (χ3n) is 3.69. The molecule has 1 aromatic rings. The monoisotopic (exact) mass is 252 g/mol. The molecule has 1 aromatic carbocycles. The second-order valence-corrected chi connectivity index (χ2v) is 5.37. The second kappa shape index (κ2) is 5.70. The fourth-order valence-corrected chi connectivity index (χ4v) is 2.40. The first-order chi connectivity index (χ1) is 8.56. The normalized spacial score (nSPS) is 25.8. The van der Waals surface area contributed by atoms with Crippen LogP contribution in [0.5, 0.6) is 5.75 Å². The van der Waals surface area contributed by atoms with Gasteiger partial charge in [0.1, 0.15) is 0 Å². The van der Waals surface area contributed by atoms with Gasteiger partial charge >= 0.3 is 0 Å². The lowest BCUT2D eigenvalue weighted by Gasteiger charge is -2.27. The summed E-state index contributed by atoms with van der Waals surface area (Å²) < 4.78 is 19.5. The van der Waals surface area contributed by atoms with Crippen LogP contribution in [-0.4, -0.2) is 11.2 Å². The fourth-order valence-electron chi connectivity index (χ4n) is 2.40. The molecule has 1 atom stereocenters. The van der Waals surface area contributed by atoms with Gasteiger partial charge in [-0.1, -0.05) is 13.0 Å². The minimum absolute atomic E-state index is 0.132. The van der Waals surface area contributed by atoms with Gasteiger partial charge in [-0.3, -0.25) is 0 Å². The van der Waals surface area contributed by atoms with E-state index in [9.17, 15) is 9.50 Å². The quantitative estimate of drug-likeness (QED) is 0.885. The van der Waals surface area contributed by atoms with Crippen molar-refractivity contribution >= 4 is 0 Å². The third-order valence-corrected chi connectivity index (χ3v) is 3.69. The first kappa shape index (κ1) is 13.3. The van der Waals surface area contributed by atoms with Gasteiger partial charge in [-0.05, 0) is 56.2 Å². The minimum atomic E-state index is -0.649. The van der Waals surface area contributed by atoms with Gasteiger partial charge in [0.25, 0.3) is 0 Å². The molecular weight excluding hydrogens is 231 g/mol. The Morgan fingerprint density at radius 3 is 2.50 bits per heavy atom. The van der Waals surface area contributed by atoms with Gasteiger partial charge in [0.05, 0.1) is 12.2 Å². The summed E-state index contributed by atoms with van der Waals surface area (Å²) in [6.07, 6.45) is 3.78. The van der Waals surface area contributed by atoms with Crippen LogP contribution in [0.4, 0.5) is 4.39 Å². The Morgan fingerprint density at radius 2 is 1.94 bits per heavy atom. The molecule has 1 saturated carbocycles. The SMILES string of the molecule is CC1CCC(Oc2ccc(C(C)O)cc2F)CC1. The minimum Gasteiger partial charge on any atom is -0.487 e. The molecule has 0 heterocycles. The Labute approximate surface area is 108 Å². The summed E-state index contributed by atoms with van der Waals surface area (Å²) in [4.78, 5) is 0. The molecule has 2 rings (SSSR count). The van der Waals surface area contributed by atoms with Gasteiger partial charge < -0.3 is 9.84 Å².